The van der Waals surface area contributed by atoms with Gasteiger partial charge in [-0.2, -0.15) is 5.10 Å². The number of nitrogens with zero attached hydrogens (tertiary/aromatic N) is 3. The van der Waals surface area contributed by atoms with Crippen LogP contribution in [0.5, 0.6) is 0 Å². The molecule has 0 aliphatic heterocycles. The molecule has 0 radical (unpaired) electrons. The summed E-state index contributed by atoms with van der Waals surface area (Å²) in [5, 5.41) is 7.22. The van der Waals surface area contributed by atoms with Gasteiger partial charge in [0.1, 0.15) is 6.29 Å². The molecule has 0 aliphatic carbocycles. The SMILES string of the molecule is CN/N=C\c1cccc(CC(C=O)NC)c1CN(C)Cc1ccncc1. The van der Waals surface area contributed by atoms with Crippen molar-refractivity contribution in [3.63, 3.8) is 0 Å². The van der Waals surface area contributed by atoms with Crippen LogP contribution in [0.25, 0.3) is 0 Å². The molecule has 26 heavy (non-hydrogen) atoms. The number of rotatable bonds is 10. The number of nitrogens with one attached hydrogen (secondary N) is 2. The zero-order valence-corrected chi connectivity index (χ0v) is 15.6. The Balaban J connectivity index is 2.26. The fourth-order valence-electron chi connectivity index (χ4n) is 2.87. The third kappa shape index (κ3) is 5.75. The molecule has 0 bridgehead atoms. The lowest BCUT2D eigenvalue weighted by Gasteiger charge is -2.22. The fraction of sp³-hybridized carbons (Fsp3) is 0.350. The number of hydrazone groups is 1. The van der Waals surface area contributed by atoms with Crippen molar-refractivity contribution in [2.45, 2.75) is 25.6 Å². The third-order valence-electron chi connectivity index (χ3n) is 4.25. The number of carbonyl (C=O) groups is 1. The Kier molecular flexibility index (Phi) is 7.92. The lowest BCUT2D eigenvalue weighted by Crippen LogP contribution is -2.30. The summed E-state index contributed by atoms with van der Waals surface area (Å²) in [6, 6.07) is 9.99. The van der Waals surface area contributed by atoms with E-state index in [9.17, 15) is 4.79 Å². The maximum atomic E-state index is 11.3. The molecule has 0 aliphatic rings. The second-order valence-corrected chi connectivity index (χ2v) is 6.23. The molecular formula is C20H27N5O. The van der Waals surface area contributed by atoms with Gasteiger partial charge in [-0.3, -0.25) is 9.88 Å². The van der Waals surface area contributed by atoms with Crippen molar-refractivity contribution in [3.05, 3.63) is 65.0 Å². The summed E-state index contributed by atoms with van der Waals surface area (Å²) in [4.78, 5) is 17.6. The number of aromatic nitrogens is 1. The number of likely N-dealkylation sites (N-methyl/N-ethyl adjacent to an activating group) is 1. The molecule has 6 nitrogen and oxygen atoms in total. The molecule has 2 rings (SSSR count). The highest BCUT2D eigenvalue weighted by Gasteiger charge is 2.14. The van der Waals surface area contributed by atoms with Crippen molar-refractivity contribution < 1.29 is 4.79 Å². The van der Waals surface area contributed by atoms with Crippen molar-refractivity contribution in [1.82, 2.24) is 20.6 Å². The predicted molar refractivity (Wildman–Crippen MR) is 105 cm³/mol. The Morgan fingerprint density at radius 3 is 2.62 bits per heavy atom. The molecule has 2 N–H and O–H groups in total. The number of carbonyl (C=O) groups excluding carboxylic acids is 1. The van der Waals surface area contributed by atoms with Crippen molar-refractivity contribution in [2.75, 3.05) is 21.1 Å². The van der Waals surface area contributed by atoms with Crippen LogP contribution in [0.2, 0.25) is 0 Å². The Labute approximate surface area is 155 Å². The average molecular weight is 353 g/mol. The predicted octanol–water partition coefficient (Wildman–Crippen LogP) is 1.60. The number of aldehydes is 1. The average Bonchev–Trinajstić information content (AvgIpc) is 2.66. The number of benzene rings is 1. The molecule has 1 aromatic carbocycles. The standard InChI is InChI=1S/C20H27N5O/c1-21-19(15-26)11-17-5-4-6-18(12-24-22-2)20(17)14-25(3)13-16-7-9-23-10-8-16/h4-10,12,15,19,21-22H,11,13-14H2,1-3H3/b24-12-. The van der Waals surface area contributed by atoms with Crippen LogP contribution in [0.3, 0.4) is 0 Å². The number of pyridine rings is 1. The van der Waals surface area contributed by atoms with Crippen LogP contribution < -0.4 is 10.7 Å². The van der Waals surface area contributed by atoms with Crippen molar-refractivity contribution in [1.29, 1.82) is 0 Å². The van der Waals surface area contributed by atoms with E-state index < -0.39 is 0 Å². The van der Waals surface area contributed by atoms with Crippen LogP contribution in [0.4, 0.5) is 0 Å². The van der Waals surface area contributed by atoms with Crippen LogP contribution in [0.1, 0.15) is 22.3 Å². The summed E-state index contributed by atoms with van der Waals surface area (Å²) < 4.78 is 0. The zero-order valence-electron chi connectivity index (χ0n) is 15.6. The lowest BCUT2D eigenvalue weighted by molar-refractivity contribution is -0.109. The first-order chi connectivity index (χ1) is 12.7. The smallest absolute Gasteiger partial charge is 0.137 e. The number of hydrogen-bond donors (Lipinski definition) is 2. The molecule has 1 atom stereocenters. The van der Waals surface area contributed by atoms with Gasteiger partial charge in [-0.1, -0.05) is 18.2 Å². The van der Waals surface area contributed by atoms with Gasteiger partial charge < -0.3 is 15.5 Å². The molecule has 6 heteroatoms. The van der Waals surface area contributed by atoms with E-state index in [-0.39, 0.29) is 6.04 Å². The molecule has 0 amide bonds. The Bertz CT molecular complexity index is 717. The van der Waals surface area contributed by atoms with Gasteiger partial charge >= 0.3 is 0 Å². The van der Waals surface area contributed by atoms with Gasteiger partial charge in [-0.05, 0) is 54.9 Å². The molecular weight excluding hydrogens is 326 g/mol. The van der Waals surface area contributed by atoms with Crippen LogP contribution in [-0.4, -0.2) is 49.6 Å². The van der Waals surface area contributed by atoms with Crippen molar-refractivity contribution >= 4 is 12.5 Å². The minimum absolute atomic E-state index is 0.198. The van der Waals surface area contributed by atoms with Crippen molar-refractivity contribution in [2.24, 2.45) is 5.10 Å². The van der Waals surface area contributed by atoms with Crippen LogP contribution >= 0.6 is 0 Å². The normalized spacial score (nSPS) is 12.5. The van der Waals surface area contributed by atoms with E-state index in [2.05, 4.69) is 44.9 Å². The minimum atomic E-state index is -0.198. The molecule has 0 fully saturated rings. The molecule has 2 aromatic rings. The highest BCUT2D eigenvalue weighted by Crippen LogP contribution is 2.18. The fourth-order valence-corrected chi connectivity index (χ4v) is 2.87. The summed E-state index contributed by atoms with van der Waals surface area (Å²) in [5.74, 6) is 0. The highest BCUT2D eigenvalue weighted by molar-refractivity contribution is 5.82. The molecule has 1 heterocycles. The molecule has 0 saturated carbocycles. The second-order valence-electron chi connectivity index (χ2n) is 6.23. The van der Waals surface area contributed by atoms with Gasteiger partial charge in [0.2, 0.25) is 0 Å². The summed E-state index contributed by atoms with van der Waals surface area (Å²) in [6.07, 6.45) is 7.06. The highest BCUT2D eigenvalue weighted by atomic mass is 16.1. The first-order valence-electron chi connectivity index (χ1n) is 8.68. The largest absolute Gasteiger partial charge is 0.313 e. The van der Waals surface area contributed by atoms with Gasteiger partial charge in [0.25, 0.3) is 0 Å². The second kappa shape index (κ2) is 10.4. The molecule has 138 valence electrons. The third-order valence-corrected chi connectivity index (χ3v) is 4.25. The van der Waals surface area contributed by atoms with E-state index in [0.717, 1.165) is 30.5 Å². The first kappa shape index (κ1) is 19.8. The monoisotopic (exact) mass is 353 g/mol. The minimum Gasteiger partial charge on any atom is -0.313 e. The number of hydrogen-bond acceptors (Lipinski definition) is 6. The van der Waals surface area contributed by atoms with Gasteiger partial charge in [-0.15, -0.1) is 0 Å². The van der Waals surface area contributed by atoms with Crippen LogP contribution in [0, 0.1) is 0 Å². The summed E-state index contributed by atoms with van der Waals surface area (Å²) in [5.41, 5.74) is 7.40. The van der Waals surface area contributed by atoms with Crippen molar-refractivity contribution in [3.8, 4) is 0 Å². The van der Waals surface area contributed by atoms with E-state index in [0.29, 0.717) is 6.42 Å². The lowest BCUT2D eigenvalue weighted by atomic mass is 9.96. The van der Waals surface area contributed by atoms with E-state index in [1.54, 1.807) is 14.1 Å². The zero-order chi connectivity index (χ0) is 18.8. The Morgan fingerprint density at radius 2 is 1.96 bits per heavy atom. The molecule has 1 unspecified atom stereocenters. The van der Waals surface area contributed by atoms with E-state index in [1.165, 1.54) is 11.1 Å². The van der Waals surface area contributed by atoms with Gasteiger partial charge in [0, 0.05) is 32.5 Å². The maximum absolute atomic E-state index is 11.3. The molecule has 0 spiro atoms. The van der Waals surface area contributed by atoms with E-state index in [4.69, 9.17) is 0 Å². The van der Waals surface area contributed by atoms with E-state index in [1.807, 2.05) is 36.8 Å². The summed E-state index contributed by atoms with van der Waals surface area (Å²) in [7, 11) is 5.67. The van der Waals surface area contributed by atoms with Gasteiger partial charge in [-0.25, -0.2) is 0 Å². The topological polar surface area (TPSA) is 69.6 Å². The van der Waals surface area contributed by atoms with Gasteiger partial charge in [0.15, 0.2) is 0 Å². The molecule has 0 saturated heterocycles. The van der Waals surface area contributed by atoms with Gasteiger partial charge in [0.05, 0.1) is 12.3 Å². The summed E-state index contributed by atoms with van der Waals surface area (Å²) >= 11 is 0. The van der Waals surface area contributed by atoms with E-state index >= 15 is 0 Å². The summed E-state index contributed by atoms with van der Waals surface area (Å²) in [6.45, 7) is 1.58. The Hall–Kier alpha value is -2.57. The van der Waals surface area contributed by atoms with Crippen LogP contribution in [-0.2, 0) is 24.3 Å². The maximum Gasteiger partial charge on any atom is 0.137 e. The molecule has 1 aromatic heterocycles. The quantitative estimate of drug-likeness (QED) is 0.386. The first-order valence-corrected chi connectivity index (χ1v) is 8.68. The van der Waals surface area contributed by atoms with Crippen LogP contribution in [0.15, 0.2) is 47.8 Å². The Morgan fingerprint density at radius 1 is 1.19 bits per heavy atom.